The molecule has 0 saturated carbocycles. The standard InChI is InChI=1S/C18H27N5OS/c1-13(2)12-23-15(21-22-18(23)25-3)10-7-11-20-17(24)16(19)14-8-5-4-6-9-14/h4-6,8-9,13,16H,7,10-12,19H2,1-3H3,(H,20,24). The highest BCUT2D eigenvalue weighted by molar-refractivity contribution is 7.98. The highest BCUT2D eigenvalue weighted by Gasteiger charge is 2.15. The zero-order chi connectivity index (χ0) is 18.2. The van der Waals surface area contributed by atoms with E-state index < -0.39 is 6.04 Å². The fourth-order valence-corrected chi connectivity index (χ4v) is 3.11. The lowest BCUT2D eigenvalue weighted by Gasteiger charge is -2.13. The topological polar surface area (TPSA) is 85.8 Å². The third-order valence-electron chi connectivity index (χ3n) is 3.84. The van der Waals surface area contributed by atoms with Crippen LogP contribution in [0, 0.1) is 5.92 Å². The van der Waals surface area contributed by atoms with Gasteiger partial charge in [0.15, 0.2) is 5.16 Å². The van der Waals surface area contributed by atoms with E-state index in [1.165, 1.54) is 0 Å². The first-order valence-corrected chi connectivity index (χ1v) is 9.79. The Morgan fingerprint density at radius 1 is 1.28 bits per heavy atom. The number of hydrogen-bond acceptors (Lipinski definition) is 5. The number of aryl methyl sites for hydroxylation is 1. The van der Waals surface area contributed by atoms with Crippen molar-refractivity contribution < 1.29 is 4.79 Å². The highest BCUT2D eigenvalue weighted by Crippen LogP contribution is 2.16. The number of nitrogens with one attached hydrogen (secondary N) is 1. The summed E-state index contributed by atoms with van der Waals surface area (Å²) in [6.45, 7) is 5.84. The third kappa shape index (κ3) is 5.57. The van der Waals surface area contributed by atoms with Gasteiger partial charge < -0.3 is 15.6 Å². The van der Waals surface area contributed by atoms with E-state index in [0.29, 0.717) is 12.5 Å². The Balaban J connectivity index is 1.83. The van der Waals surface area contributed by atoms with Crippen LogP contribution in [0.3, 0.4) is 0 Å². The summed E-state index contributed by atoms with van der Waals surface area (Å²) < 4.78 is 2.17. The molecule has 25 heavy (non-hydrogen) atoms. The molecule has 0 bridgehead atoms. The van der Waals surface area contributed by atoms with Crippen molar-refractivity contribution in [3.8, 4) is 0 Å². The van der Waals surface area contributed by atoms with Gasteiger partial charge in [0, 0.05) is 19.5 Å². The van der Waals surface area contributed by atoms with Crippen molar-refractivity contribution in [3.63, 3.8) is 0 Å². The Hall–Kier alpha value is -1.86. The molecule has 2 rings (SSSR count). The number of nitrogens with two attached hydrogens (primary N) is 1. The molecule has 1 aromatic carbocycles. The van der Waals surface area contributed by atoms with E-state index >= 15 is 0 Å². The number of carbonyl (C=O) groups excluding carboxylic acids is 1. The lowest BCUT2D eigenvalue weighted by molar-refractivity contribution is -0.122. The fourth-order valence-electron chi connectivity index (χ4n) is 2.58. The molecule has 3 N–H and O–H groups in total. The molecule has 1 atom stereocenters. The molecule has 1 unspecified atom stereocenters. The van der Waals surface area contributed by atoms with Crippen LogP contribution >= 0.6 is 11.8 Å². The molecule has 0 fully saturated rings. The SMILES string of the molecule is CSc1nnc(CCCNC(=O)C(N)c2ccccc2)n1CC(C)C. The zero-order valence-electron chi connectivity index (χ0n) is 15.1. The second kappa shape index (κ2) is 9.58. The number of aromatic nitrogens is 3. The van der Waals surface area contributed by atoms with Gasteiger partial charge in [-0.2, -0.15) is 0 Å². The van der Waals surface area contributed by atoms with Crippen LogP contribution in [0.4, 0.5) is 0 Å². The average molecular weight is 362 g/mol. The van der Waals surface area contributed by atoms with Crippen molar-refractivity contribution in [1.82, 2.24) is 20.1 Å². The minimum atomic E-state index is -0.631. The summed E-state index contributed by atoms with van der Waals surface area (Å²) in [5, 5.41) is 12.4. The number of benzene rings is 1. The van der Waals surface area contributed by atoms with Crippen molar-refractivity contribution in [1.29, 1.82) is 0 Å². The monoisotopic (exact) mass is 361 g/mol. The molecule has 0 saturated heterocycles. The molecular weight excluding hydrogens is 334 g/mol. The summed E-state index contributed by atoms with van der Waals surface area (Å²) in [5.74, 6) is 1.35. The second-order valence-corrected chi connectivity index (χ2v) is 7.16. The van der Waals surface area contributed by atoms with Crippen LogP contribution < -0.4 is 11.1 Å². The van der Waals surface area contributed by atoms with Crippen molar-refractivity contribution in [2.24, 2.45) is 11.7 Å². The predicted octanol–water partition coefficient (Wildman–Crippen LogP) is 2.40. The van der Waals surface area contributed by atoms with Crippen molar-refractivity contribution in [2.45, 2.75) is 44.4 Å². The number of hydrogen-bond donors (Lipinski definition) is 2. The predicted molar refractivity (Wildman–Crippen MR) is 101 cm³/mol. The first-order chi connectivity index (χ1) is 12.0. The molecule has 2 aromatic rings. The minimum absolute atomic E-state index is 0.153. The van der Waals surface area contributed by atoms with Gasteiger partial charge in [0.25, 0.3) is 0 Å². The van der Waals surface area contributed by atoms with E-state index in [0.717, 1.165) is 35.9 Å². The number of carbonyl (C=O) groups is 1. The van der Waals surface area contributed by atoms with Gasteiger partial charge in [-0.15, -0.1) is 10.2 Å². The van der Waals surface area contributed by atoms with E-state index in [4.69, 9.17) is 5.73 Å². The highest BCUT2D eigenvalue weighted by atomic mass is 32.2. The summed E-state index contributed by atoms with van der Waals surface area (Å²) in [6, 6.07) is 8.77. The van der Waals surface area contributed by atoms with Crippen LogP contribution in [-0.2, 0) is 17.8 Å². The van der Waals surface area contributed by atoms with Crippen LogP contribution in [0.2, 0.25) is 0 Å². The van der Waals surface area contributed by atoms with Crippen molar-refractivity contribution in [2.75, 3.05) is 12.8 Å². The van der Waals surface area contributed by atoms with Gasteiger partial charge in [0.2, 0.25) is 5.91 Å². The first-order valence-electron chi connectivity index (χ1n) is 8.57. The van der Waals surface area contributed by atoms with Gasteiger partial charge in [-0.05, 0) is 24.2 Å². The zero-order valence-corrected chi connectivity index (χ0v) is 15.9. The van der Waals surface area contributed by atoms with E-state index in [1.807, 2.05) is 36.6 Å². The summed E-state index contributed by atoms with van der Waals surface area (Å²) in [5.41, 5.74) is 6.81. The molecule has 1 aromatic heterocycles. The smallest absolute Gasteiger partial charge is 0.241 e. The maximum Gasteiger partial charge on any atom is 0.241 e. The molecule has 0 radical (unpaired) electrons. The summed E-state index contributed by atoms with van der Waals surface area (Å²) in [7, 11) is 0. The lowest BCUT2D eigenvalue weighted by atomic mass is 10.1. The van der Waals surface area contributed by atoms with Gasteiger partial charge in [-0.3, -0.25) is 4.79 Å². The Bertz CT molecular complexity index is 671. The number of nitrogens with zero attached hydrogens (tertiary/aromatic N) is 3. The molecule has 0 aliphatic rings. The molecular formula is C18H27N5OS. The molecule has 0 spiro atoms. The summed E-state index contributed by atoms with van der Waals surface area (Å²) in [4.78, 5) is 12.1. The maximum atomic E-state index is 12.1. The minimum Gasteiger partial charge on any atom is -0.354 e. The molecule has 1 amide bonds. The van der Waals surface area contributed by atoms with Crippen LogP contribution in [0.25, 0.3) is 0 Å². The van der Waals surface area contributed by atoms with Gasteiger partial charge >= 0.3 is 0 Å². The third-order valence-corrected chi connectivity index (χ3v) is 4.51. The Labute approximate surface area is 153 Å². The molecule has 1 heterocycles. The van der Waals surface area contributed by atoms with Crippen LogP contribution in [0.5, 0.6) is 0 Å². The second-order valence-electron chi connectivity index (χ2n) is 6.39. The van der Waals surface area contributed by atoms with Gasteiger partial charge in [0.1, 0.15) is 11.9 Å². The molecule has 7 heteroatoms. The van der Waals surface area contributed by atoms with E-state index in [1.54, 1.807) is 11.8 Å². The number of thioether (sulfide) groups is 1. The van der Waals surface area contributed by atoms with Gasteiger partial charge in [-0.1, -0.05) is 55.9 Å². The Morgan fingerprint density at radius 3 is 2.64 bits per heavy atom. The van der Waals surface area contributed by atoms with E-state index in [2.05, 4.69) is 33.9 Å². The summed E-state index contributed by atoms with van der Waals surface area (Å²) >= 11 is 1.61. The molecule has 0 aliphatic heterocycles. The van der Waals surface area contributed by atoms with Gasteiger partial charge in [-0.25, -0.2) is 0 Å². The molecule has 0 aliphatic carbocycles. The van der Waals surface area contributed by atoms with E-state index in [9.17, 15) is 4.79 Å². The maximum absolute atomic E-state index is 12.1. The van der Waals surface area contributed by atoms with Gasteiger partial charge in [0.05, 0.1) is 0 Å². The van der Waals surface area contributed by atoms with Crippen molar-refractivity contribution >= 4 is 17.7 Å². The fraction of sp³-hybridized carbons (Fsp3) is 0.500. The Morgan fingerprint density at radius 2 is 2.00 bits per heavy atom. The van der Waals surface area contributed by atoms with Crippen LogP contribution in [-0.4, -0.2) is 33.5 Å². The van der Waals surface area contributed by atoms with Crippen LogP contribution in [0.1, 0.15) is 37.7 Å². The lowest BCUT2D eigenvalue weighted by Crippen LogP contribution is -2.34. The number of rotatable bonds is 9. The molecule has 136 valence electrons. The normalized spacial score (nSPS) is 12.4. The van der Waals surface area contributed by atoms with Crippen LogP contribution in [0.15, 0.2) is 35.5 Å². The largest absolute Gasteiger partial charge is 0.354 e. The van der Waals surface area contributed by atoms with E-state index in [-0.39, 0.29) is 5.91 Å². The molecule has 6 nitrogen and oxygen atoms in total. The average Bonchev–Trinajstić information content (AvgIpc) is 2.99. The quantitative estimate of drug-likeness (QED) is 0.529. The van der Waals surface area contributed by atoms with Crippen molar-refractivity contribution in [3.05, 3.63) is 41.7 Å². The first kappa shape index (κ1) is 19.5. The Kier molecular flexibility index (Phi) is 7.46. The number of amides is 1. The summed E-state index contributed by atoms with van der Waals surface area (Å²) in [6.07, 6.45) is 3.59.